The molecule has 0 spiro atoms. The molecule has 1 aliphatic rings. The second-order valence-electron chi connectivity index (χ2n) is 7.63. The molecule has 10 nitrogen and oxygen atoms in total. The predicted octanol–water partition coefficient (Wildman–Crippen LogP) is 1.50. The van der Waals surface area contributed by atoms with Gasteiger partial charge in [-0.3, -0.25) is 19.1 Å². The minimum Gasteiger partial charge on any atom is -0.454 e. The van der Waals surface area contributed by atoms with Crippen LogP contribution in [-0.2, 0) is 16.1 Å². The number of aromatic amines is 1. The molecule has 166 valence electrons. The number of aryl methyl sites for hydroxylation is 1. The molecular formula is C22H22N4O6. The first-order chi connectivity index (χ1) is 15.3. The van der Waals surface area contributed by atoms with Crippen molar-refractivity contribution in [2.24, 2.45) is 0 Å². The summed E-state index contributed by atoms with van der Waals surface area (Å²) in [4.78, 5) is 56.4. The van der Waals surface area contributed by atoms with Crippen molar-refractivity contribution < 1.29 is 19.1 Å². The van der Waals surface area contributed by atoms with Gasteiger partial charge in [-0.1, -0.05) is 18.2 Å². The number of H-pyrrole nitrogens is 1. The van der Waals surface area contributed by atoms with E-state index in [-0.39, 0.29) is 24.0 Å². The third kappa shape index (κ3) is 3.80. The Morgan fingerprint density at radius 3 is 2.62 bits per heavy atom. The molecular weight excluding hydrogens is 416 g/mol. The highest BCUT2D eigenvalue weighted by atomic mass is 16.5. The molecule has 0 saturated heterocycles. The summed E-state index contributed by atoms with van der Waals surface area (Å²) in [5.74, 6) is -1.79. The van der Waals surface area contributed by atoms with Crippen LogP contribution in [0.2, 0.25) is 0 Å². The highest BCUT2D eigenvalue weighted by molar-refractivity contribution is 6.03. The number of hydrogen-bond acceptors (Lipinski definition) is 8. The van der Waals surface area contributed by atoms with Crippen LogP contribution in [0.15, 0.2) is 33.9 Å². The maximum absolute atomic E-state index is 12.9. The number of aromatic nitrogens is 3. The molecule has 0 atom stereocenters. The molecule has 1 aliphatic carbocycles. The van der Waals surface area contributed by atoms with E-state index < -0.39 is 35.2 Å². The molecule has 3 aromatic rings. The smallest absolute Gasteiger partial charge is 0.340 e. The molecule has 10 heteroatoms. The molecule has 0 amide bonds. The number of nitrogen functional groups attached to an aromatic ring is 1. The van der Waals surface area contributed by atoms with Gasteiger partial charge in [-0.2, -0.15) is 0 Å². The molecule has 1 fully saturated rings. The van der Waals surface area contributed by atoms with Crippen LogP contribution in [0.25, 0.3) is 10.9 Å². The van der Waals surface area contributed by atoms with Gasteiger partial charge < -0.3 is 15.2 Å². The van der Waals surface area contributed by atoms with Crippen molar-refractivity contribution in [3.8, 4) is 0 Å². The number of nitrogens with two attached hydrogens (primary N) is 1. The number of rotatable bonds is 7. The molecule has 1 saturated carbocycles. The average molecular weight is 438 g/mol. The van der Waals surface area contributed by atoms with Crippen LogP contribution in [0.3, 0.4) is 0 Å². The first-order valence-electron chi connectivity index (χ1n) is 10.0. The van der Waals surface area contributed by atoms with Gasteiger partial charge in [0.2, 0.25) is 5.78 Å². The van der Waals surface area contributed by atoms with E-state index in [1.54, 1.807) is 6.92 Å². The van der Waals surface area contributed by atoms with Crippen molar-refractivity contribution in [2.45, 2.75) is 32.4 Å². The van der Waals surface area contributed by atoms with Gasteiger partial charge >= 0.3 is 11.7 Å². The van der Waals surface area contributed by atoms with Crippen LogP contribution >= 0.6 is 0 Å². The number of carbonyl (C=O) groups excluding carboxylic acids is 2. The van der Waals surface area contributed by atoms with Crippen molar-refractivity contribution in [3.05, 3.63) is 67.5 Å². The summed E-state index contributed by atoms with van der Waals surface area (Å²) in [5, 5.41) is 0.767. The van der Waals surface area contributed by atoms with Gasteiger partial charge in [0.25, 0.3) is 5.56 Å². The number of ketones is 1. The second-order valence-corrected chi connectivity index (χ2v) is 7.63. The number of nitrogens with zero attached hydrogens (tertiary/aromatic N) is 2. The van der Waals surface area contributed by atoms with Gasteiger partial charge in [0.15, 0.2) is 6.61 Å². The number of pyridine rings is 1. The lowest BCUT2D eigenvalue weighted by atomic mass is 10.0. The third-order valence-electron chi connectivity index (χ3n) is 5.42. The van der Waals surface area contributed by atoms with E-state index >= 15 is 0 Å². The molecule has 2 heterocycles. The van der Waals surface area contributed by atoms with Crippen molar-refractivity contribution in [1.82, 2.24) is 14.5 Å². The highest BCUT2D eigenvalue weighted by Crippen LogP contribution is 2.35. The van der Waals surface area contributed by atoms with E-state index in [2.05, 4.69) is 9.97 Å². The Kier molecular flexibility index (Phi) is 5.62. The van der Waals surface area contributed by atoms with Gasteiger partial charge in [0, 0.05) is 18.5 Å². The molecule has 0 aliphatic heterocycles. The quantitative estimate of drug-likeness (QED) is 0.417. The molecule has 4 rings (SSSR count). The minimum atomic E-state index is -0.908. The number of esters is 1. The van der Waals surface area contributed by atoms with Crippen molar-refractivity contribution in [2.75, 3.05) is 19.5 Å². The van der Waals surface area contributed by atoms with E-state index in [1.165, 1.54) is 11.7 Å². The van der Waals surface area contributed by atoms with Crippen LogP contribution < -0.4 is 17.0 Å². The fourth-order valence-corrected chi connectivity index (χ4v) is 3.76. The number of benzene rings is 1. The molecule has 0 unspecified atom stereocenters. The number of fused-ring (bicyclic) bond motifs is 1. The molecule has 0 bridgehead atoms. The number of methoxy groups -OCH3 is 1. The molecule has 32 heavy (non-hydrogen) atoms. The van der Waals surface area contributed by atoms with Gasteiger partial charge in [0.05, 0.1) is 23.4 Å². The number of nitrogens with one attached hydrogen (secondary N) is 1. The zero-order valence-electron chi connectivity index (χ0n) is 17.6. The fraction of sp³-hybridized carbons (Fsp3) is 0.318. The van der Waals surface area contributed by atoms with Crippen LogP contribution in [0.5, 0.6) is 0 Å². The average Bonchev–Trinajstić information content (AvgIpc) is 3.57. The number of ether oxygens (including phenoxy) is 2. The van der Waals surface area contributed by atoms with Crippen LogP contribution in [-0.4, -0.2) is 40.0 Å². The standard InChI is InChI=1S/C22H22N4O6/c1-11-13-5-3-4-6-14(13)24-15(9-31-2)17(11)21(29)32-10-16(27)18-19(23)26(12-7-8-12)22(30)25-20(18)28/h3-6,12H,7-10,23H2,1-2H3,(H,25,28,30). The zero-order chi connectivity index (χ0) is 23.0. The Morgan fingerprint density at radius 2 is 1.94 bits per heavy atom. The summed E-state index contributed by atoms with van der Waals surface area (Å²) in [6.45, 7) is 1.12. The number of hydrogen-bond donors (Lipinski definition) is 2. The topological polar surface area (TPSA) is 146 Å². The third-order valence-corrected chi connectivity index (χ3v) is 5.42. The summed E-state index contributed by atoms with van der Waals surface area (Å²) in [5.41, 5.74) is 5.90. The molecule has 0 radical (unpaired) electrons. The summed E-state index contributed by atoms with van der Waals surface area (Å²) < 4.78 is 11.6. The van der Waals surface area contributed by atoms with E-state index in [4.69, 9.17) is 15.2 Å². The SMILES string of the molecule is COCc1nc2ccccc2c(C)c1C(=O)OCC(=O)c1c(N)n(C2CC2)c(=O)[nH]c1=O. The van der Waals surface area contributed by atoms with Gasteiger partial charge in [-0.15, -0.1) is 0 Å². The van der Waals surface area contributed by atoms with E-state index in [1.807, 2.05) is 24.3 Å². The monoisotopic (exact) mass is 438 g/mol. The number of anilines is 1. The van der Waals surface area contributed by atoms with Gasteiger partial charge in [-0.05, 0) is 31.4 Å². The summed E-state index contributed by atoms with van der Waals surface area (Å²) in [7, 11) is 1.48. The Labute approximate surface area is 182 Å². The first kappa shape index (κ1) is 21.4. The lowest BCUT2D eigenvalue weighted by molar-refractivity contribution is 0.0469. The molecule has 1 aromatic carbocycles. The zero-order valence-corrected chi connectivity index (χ0v) is 17.6. The van der Waals surface area contributed by atoms with Crippen molar-refractivity contribution in [1.29, 1.82) is 0 Å². The van der Waals surface area contributed by atoms with Gasteiger partial charge in [-0.25, -0.2) is 14.6 Å². The van der Waals surface area contributed by atoms with E-state index in [9.17, 15) is 19.2 Å². The second kappa shape index (κ2) is 8.39. The van der Waals surface area contributed by atoms with Crippen LogP contribution in [0, 0.1) is 6.92 Å². The first-order valence-corrected chi connectivity index (χ1v) is 10.0. The Balaban J connectivity index is 1.63. The van der Waals surface area contributed by atoms with Crippen LogP contribution in [0.1, 0.15) is 50.9 Å². The lowest BCUT2D eigenvalue weighted by Crippen LogP contribution is -2.36. The van der Waals surface area contributed by atoms with Crippen LogP contribution in [0.4, 0.5) is 5.82 Å². The maximum Gasteiger partial charge on any atom is 0.340 e. The lowest BCUT2D eigenvalue weighted by Gasteiger charge is -2.14. The number of Topliss-reactive ketones (excluding diaryl/α,β-unsaturated/α-hetero) is 1. The van der Waals surface area contributed by atoms with E-state index in [0.29, 0.717) is 16.8 Å². The van der Waals surface area contributed by atoms with Crippen molar-refractivity contribution in [3.63, 3.8) is 0 Å². The van der Waals surface area contributed by atoms with Gasteiger partial charge in [0.1, 0.15) is 11.4 Å². The van der Waals surface area contributed by atoms with Crippen molar-refractivity contribution >= 4 is 28.5 Å². The fourth-order valence-electron chi connectivity index (χ4n) is 3.76. The summed E-state index contributed by atoms with van der Waals surface area (Å²) in [6.07, 6.45) is 1.46. The normalized spacial score (nSPS) is 13.3. The largest absolute Gasteiger partial charge is 0.454 e. The molecule has 3 N–H and O–H groups in total. The molecule has 2 aromatic heterocycles. The predicted molar refractivity (Wildman–Crippen MR) is 116 cm³/mol. The summed E-state index contributed by atoms with van der Waals surface area (Å²) in [6, 6.07) is 7.18. The highest BCUT2D eigenvalue weighted by Gasteiger charge is 2.30. The minimum absolute atomic E-state index is 0.0724. The number of carbonyl (C=O) groups is 2. The Hall–Kier alpha value is -3.79. The Bertz CT molecular complexity index is 1350. The summed E-state index contributed by atoms with van der Waals surface area (Å²) >= 11 is 0. The van der Waals surface area contributed by atoms with E-state index in [0.717, 1.165) is 18.2 Å². The maximum atomic E-state index is 12.9. The number of para-hydroxylation sites is 1. The Morgan fingerprint density at radius 1 is 1.22 bits per heavy atom.